The molecule has 1 aromatic carbocycles. The Balaban J connectivity index is 2.61. The van der Waals surface area contributed by atoms with Crippen molar-refractivity contribution in [2.45, 2.75) is 25.7 Å². The van der Waals surface area contributed by atoms with Crippen LogP contribution >= 0.6 is 0 Å². The van der Waals surface area contributed by atoms with Crippen LogP contribution in [0.1, 0.15) is 25.8 Å². The fraction of sp³-hybridized carbons (Fsp3) is 0.467. The number of hydrogen-bond donors (Lipinski definition) is 2. The van der Waals surface area contributed by atoms with Gasteiger partial charge in [-0.2, -0.15) is 0 Å². The molecule has 1 rings (SSSR count). The van der Waals surface area contributed by atoms with Crippen LogP contribution in [0.3, 0.4) is 0 Å². The van der Waals surface area contributed by atoms with Crippen LogP contribution in [0.25, 0.3) is 0 Å². The minimum Gasteiger partial charge on any atom is -0.399 e. The molecule has 0 saturated carbocycles. The van der Waals surface area contributed by atoms with Gasteiger partial charge in [0.05, 0.1) is 5.41 Å². The maximum atomic E-state index is 12.2. The Hall–Kier alpha value is -2.04. The van der Waals surface area contributed by atoms with Crippen molar-refractivity contribution in [3.05, 3.63) is 29.8 Å². The van der Waals surface area contributed by atoms with Gasteiger partial charge >= 0.3 is 0 Å². The van der Waals surface area contributed by atoms with Crippen molar-refractivity contribution in [1.82, 2.24) is 10.2 Å². The minimum absolute atomic E-state index is 0.00408. The van der Waals surface area contributed by atoms with E-state index in [1.807, 2.05) is 26.0 Å². The molecule has 1 aromatic rings. The third kappa shape index (κ3) is 3.98. The lowest BCUT2D eigenvalue weighted by molar-refractivity contribution is -0.129. The summed E-state index contributed by atoms with van der Waals surface area (Å²) in [6, 6.07) is 7.25. The molecule has 0 fully saturated rings. The van der Waals surface area contributed by atoms with E-state index >= 15 is 0 Å². The number of nitrogens with zero attached hydrogens (tertiary/aromatic N) is 1. The molecular weight excluding hydrogens is 254 g/mol. The first-order chi connectivity index (χ1) is 9.25. The van der Waals surface area contributed by atoms with Crippen molar-refractivity contribution >= 4 is 17.5 Å². The second-order valence-electron chi connectivity index (χ2n) is 5.54. The summed E-state index contributed by atoms with van der Waals surface area (Å²) in [4.78, 5) is 25.2. The topological polar surface area (TPSA) is 75.4 Å². The molecule has 110 valence electrons. The van der Waals surface area contributed by atoms with Crippen LogP contribution in [-0.4, -0.2) is 37.4 Å². The number of nitrogens with one attached hydrogen (secondary N) is 1. The van der Waals surface area contributed by atoms with E-state index in [-0.39, 0.29) is 11.8 Å². The fourth-order valence-electron chi connectivity index (χ4n) is 1.76. The summed E-state index contributed by atoms with van der Waals surface area (Å²) in [6.07, 6.45) is 0.302. The van der Waals surface area contributed by atoms with Gasteiger partial charge in [0.2, 0.25) is 11.8 Å². The molecule has 20 heavy (non-hydrogen) atoms. The number of benzene rings is 1. The van der Waals surface area contributed by atoms with Gasteiger partial charge in [-0.1, -0.05) is 12.1 Å². The van der Waals surface area contributed by atoms with Crippen LogP contribution < -0.4 is 11.1 Å². The summed E-state index contributed by atoms with van der Waals surface area (Å²) in [7, 11) is 3.39. The first-order valence-corrected chi connectivity index (χ1v) is 6.59. The van der Waals surface area contributed by atoms with Crippen LogP contribution in [-0.2, 0) is 15.0 Å². The van der Waals surface area contributed by atoms with E-state index in [0.717, 1.165) is 5.56 Å². The standard InChI is InChI=1S/C15H23N3O2/c1-15(2,11-5-7-12(16)8-6-11)14(20)17-10-9-13(19)18(3)4/h5-8H,9-10,16H2,1-4H3,(H,17,20). The lowest BCUT2D eigenvalue weighted by atomic mass is 9.83. The highest BCUT2D eigenvalue weighted by Crippen LogP contribution is 2.24. The van der Waals surface area contributed by atoms with Crippen LogP contribution in [0, 0.1) is 0 Å². The molecule has 0 aliphatic carbocycles. The van der Waals surface area contributed by atoms with Gasteiger partial charge in [0.15, 0.2) is 0 Å². The zero-order valence-electron chi connectivity index (χ0n) is 12.6. The van der Waals surface area contributed by atoms with Gasteiger partial charge in [-0.3, -0.25) is 9.59 Å². The number of amides is 2. The smallest absolute Gasteiger partial charge is 0.230 e. The molecule has 0 saturated heterocycles. The van der Waals surface area contributed by atoms with E-state index in [4.69, 9.17) is 5.73 Å². The maximum absolute atomic E-state index is 12.2. The molecule has 5 heteroatoms. The van der Waals surface area contributed by atoms with Gasteiger partial charge in [0, 0.05) is 32.7 Å². The van der Waals surface area contributed by atoms with Gasteiger partial charge < -0.3 is 16.0 Å². The first-order valence-electron chi connectivity index (χ1n) is 6.59. The van der Waals surface area contributed by atoms with Crippen molar-refractivity contribution in [3.8, 4) is 0 Å². The Morgan fingerprint density at radius 1 is 1.20 bits per heavy atom. The van der Waals surface area contributed by atoms with E-state index in [1.165, 1.54) is 4.90 Å². The highest BCUT2D eigenvalue weighted by atomic mass is 16.2. The predicted molar refractivity (Wildman–Crippen MR) is 80.2 cm³/mol. The number of carbonyl (C=O) groups excluding carboxylic acids is 2. The summed E-state index contributed by atoms with van der Waals surface area (Å²) in [5.74, 6) is -0.107. The van der Waals surface area contributed by atoms with E-state index in [9.17, 15) is 9.59 Å². The molecule has 0 spiro atoms. The number of anilines is 1. The lowest BCUT2D eigenvalue weighted by Gasteiger charge is -2.24. The average molecular weight is 277 g/mol. The predicted octanol–water partition coefficient (Wildman–Crippen LogP) is 1.14. The van der Waals surface area contributed by atoms with Crippen molar-refractivity contribution < 1.29 is 9.59 Å². The van der Waals surface area contributed by atoms with E-state index in [1.54, 1.807) is 26.2 Å². The largest absolute Gasteiger partial charge is 0.399 e. The Bertz CT molecular complexity index is 478. The second-order valence-corrected chi connectivity index (χ2v) is 5.54. The zero-order valence-corrected chi connectivity index (χ0v) is 12.6. The molecule has 5 nitrogen and oxygen atoms in total. The summed E-state index contributed by atoms with van der Waals surface area (Å²) in [6.45, 7) is 4.04. The SMILES string of the molecule is CN(C)C(=O)CCNC(=O)C(C)(C)c1ccc(N)cc1. The Labute approximate surface area is 120 Å². The third-order valence-electron chi connectivity index (χ3n) is 3.32. The number of rotatable bonds is 5. The van der Waals surface area contributed by atoms with Gasteiger partial charge in [-0.15, -0.1) is 0 Å². The third-order valence-corrected chi connectivity index (χ3v) is 3.32. The first kappa shape index (κ1) is 16.0. The fourth-order valence-corrected chi connectivity index (χ4v) is 1.76. The Morgan fingerprint density at radius 2 is 1.75 bits per heavy atom. The highest BCUT2D eigenvalue weighted by Gasteiger charge is 2.29. The Kier molecular flexibility index (Phi) is 5.13. The van der Waals surface area contributed by atoms with Gasteiger partial charge in [0.25, 0.3) is 0 Å². The summed E-state index contributed by atoms with van der Waals surface area (Å²) in [5, 5.41) is 2.80. The number of hydrogen-bond acceptors (Lipinski definition) is 3. The highest BCUT2D eigenvalue weighted by molar-refractivity contribution is 5.87. The van der Waals surface area contributed by atoms with Crippen molar-refractivity contribution in [1.29, 1.82) is 0 Å². The van der Waals surface area contributed by atoms with Crippen LogP contribution in [0.2, 0.25) is 0 Å². The average Bonchev–Trinajstić information content (AvgIpc) is 2.38. The minimum atomic E-state index is -0.658. The lowest BCUT2D eigenvalue weighted by Crippen LogP contribution is -2.41. The van der Waals surface area contributed by atoms with Crippen molar-refractivity contribution in [2.75, 3.05) is 26.4 Å². The molecule has 0 radical (unpaired) electrons. The molecule has 2 amide bonds. The van der Waals surface area contributed by atoms with Crippen molar-refractivity contribution in [3.63, 3.8) is 0 Å². The van der Waals surface area contributed by atoms with Gasteiger partial charge in [-0.05, 0) is 31.5 Å². The zero-order chi connectivity index (χ0) is 15.3. The number of carbonyl (C=O) groups is 2. The summed E-state index contributed by atoms with van der Waals surface area (Å²) < 4.78 is 0. The van der Waals surface area contributed by atoms with E-state index in [2.05, 4.69) is 5.32 Å². The van der Waals surface area contributed by atoms with Crippen LogP contribution in [0.5, 0.6) is 0 Å². The monoisotopic (exact) mass is 277 g/mol. The van der Waals surface area contributed by atoms with E-state index in [0.29, 0.717) is 18.7 Å². The van der Waals surface area contributed by atoms with Crippen LogP contribution in [0.15, 0.2) is 24.3 Å². The molecule has 0 atom stereocenters. The Morgan fingerprint density at radius 3 is 2.25 bits per heavy atom. The maximum Gasteiger partial charge on any atom is 0.230 e. The normalized spacial score (nSPS) is 11.0. The summed E-state index contributed by atoms with van der Waals surface area (Å²) in [5.41, 5.74) is 6.55. The van der Waals surface area contributed by atoms with Gasteiger partial charge in [-0.25, -0.2) is 0 Å². The van der Waals surface area contributed by atoms with Gasteiger partial charge in [0.1, 0.15) is 0 Å². The summed E-state index contributed by atoms with van der Waals surface area (Å²) >= 11 is 0. The molecule has 0 aliphatic rings. The molecule has 0 bridgehead atoms. The molecule has 0 heterocycles. The second kappa shape index (κ2) is 6.41. The molecule has 0 aliphatic heterocycles. The number of nitrogens with two attached hydrogens (primary N) is 1. The quantitative estimate of drug-likeness (QED) is 0.793. The van der Waals surface area contributed by atoms with Crippen LogP contribution in [0.4, 0.5) is 5.69 Å². The van der Waals surface area contributed by atoms with Crippen molar-refractivity contribution in [2.24, 2.45) is 0 Å². The molecular formula is C15H23N3O2. The van der Waals surface area contributed by atoms with E-state index < -0.39 is 5.41 Å². The molecule has 3 N–H and O–H groups in total. The number of nitrogen functional groups attached to an aromatic ring is 1. The molecule has 0 aromatic heterocycles. The molecule has 0 unspecified atom stereocenters.